The summed E-state index contributed by atoms with van der Waals surface area (Å²) in [5.74, 6) is -0.496. The summed E-state index contributed by atoms with van der Waals surface area (Å²) in [6.45, 7) is 4.15. The number of aromatic nitrogens is 2. The Hall–Kier alpha value is -3.19. The number of carbonyl (C=O) groups excluding carboxylic acids is 1. The molecule has 0 amide bonds. The van der Waals surface area contributed by atoms with Crippen molar-refractivity contribution in [2.24, 2.45) is 7.05 Å². The highest BCUT2D eigenvalue weighted by Crippen LogP contribution is 2.24. The van der Waals surface area contributed by atoms with Crippen molar-refractivity contribution in [3.8, 4) is 0 Å². The average molecular weight is 394 g/mol. The monoisotopic (exact) mass is 394 g/mol. The van der Waals surface area contributed by atoms with Crippen LogP contribution in [0, 0.1) is 0 Å². The quantitative estimate of drug-likeness (QED) is 0.599. The van der Waals surface area contributed by atoms with Crippen molar-refractivity contribution >= 4 is 22.4 Å². The Balaban J connectivity index is 1.88. The van der Waals surface area contributed by atoms with Crippen LogP contribution in [0.25, 0.3) is 10.8 Å². The second kappa shape index (κ2) is 8.45. The first-order valence-corrected chi connectivity index (χ1v) is 9.70. The Morgan fingerprint density at radius 2 is 1.83 bits per heavy atom. The molecule has 0 aliphatic heterocycles. The van der Waals surface area contributed by atoms with Gasteiger partial charge in [-0.2, -0.15) is 0 Å². The van der Waals surface area contributed by atoms with E-state index >= 15 is 0 Å². The van der Waals surface area contributed by atoms with Gasteiger partial charge in [0.15, 0.2) is 5.78 Å². The van der Waals surface area contributed by atoms with Crippen molar-refractivity contribution < 1.29 is 4.79 Å². The first-order valence-electron chi connectivity index (χ1n) is 9.70. The molecule has 0 bridgehead atoms. The van der Waals surface area contributed by atoms with E-state index in [0.717, 1.165) is 20.9 Å². The fourth-order valence-corrected chi connectivity index (χ4v) is 3.56. The minimum absolute atomic E-state index is 0.0614. The molecule has 0 aliphatic carbocycles. The van der Waals surface area contributed by atoms with Crippen LogP contribution in [-0.4, -0.2) is 21.5 Å². The molecule has 1 atom stereocenters. The molecular weight excluding hydrogens is 368 g/mol. The lowest BCUT2D eigenvalue weighted by Crippen LogP contribution is -2.43. The maximum absolute atomic E-state index is 12.8. The summed E-state index contributed by atoms with van der Waals surface area (Å²) in [5.41, 5.74) is 5.78. The van der Waals surface area contributed by atoms with Crippen LogP contribution in [0.1, 0.15) is 42.2 Å². The van der Waals surface area contributed by atoms with Crippen molar-refractivity contribution in [1.29, 1.82) is 0 Å². The SMILES string of the molecule is CCCn1c(N)c(C(=O)CN[C@H](C)c2cccc3ccccc23)c(=O)n(C)c1=O. The molecule has 7 nitrogen and oxygen atoms in total. The Bertz CT molecular complexity index is 1170. The lowest BCUT2D eigenvalue weighted by Gasteiger charge is -2.17. The fraction of sp³-hybridized carbons (Fsp3) is 0.318. The lowest BCUT2D eigenvalue weighted by molar-refractivity contribution is 0.0986. The molecule has 7 heteroatoms. The van der Waals surface area contributed by atoms with E-state index in [1.807, 2.05) is 56.3 Å². The van der Waals surface area contributed by atoms with Crippen LogP contribution >= 0.6 is 0 Å². The minimum atomic E-state index is -0.663. The molecule has 1 heterocycles. The first kappa shape index (κ1) is 20.5. The van der Waals surface area contributed by atoms with Crippen LogP contribution in [0.2, 0.25) is 0 Å². The van der Waals surface area contributed by atoms with Crippen molar-refractivity contribution in [2.75, 3.05) is 12.3 Å². The van der Waals surface area contributed by atoms with Crippen molar-refractivity contribution in [3.05, 3.63) is 74.4 Å². The smallest absolute Gasteiger partial charge is 0.332 e. The van der Waals surface area contributed by atoms with Crippen LogP contribution in [0.15, 0.2) is 52.1 Å². The lowest BCUT2D eigenvalue weighted by atomic mass is 9.99. The predicted octanol–water partition coefficient (Wildman–Crippen LogP) is 2.23. The number of nitrogens with one attached hydrogen (secondary N) is 1. The standard InChI is InChI=1S/C22H26N4O3/c1-4-12-26-20(23)19(21(28)25(3)22(26)29)18(27)13-24-14(2)16-11-7-9-15-8-5-6-10-17(15)16/h5-11,14,24H,4,12-13,23H2,1-3H3/t14-/m1/s1. The van der Waals surface area contributed by atoms with E-state index in [2.05, 4.69) is 5.32 Å². The highest BCUT2D eigenvalue weighted by atomic mass is 16.2. The second-order valence-electron chi connectivity index (χ2n) is 7.15. The summed E-state index contributed by atoms with van der Waals surface area (Å²) < 4.78 is 2.22. The molecule has 0 fully saturated rings. The Morgan fingerprint density at radius 3 is 2.55 bits per heavy atom. The zero-order chi connectivity index (χ0) is 21.1. The van der Waals surface area contributed by atoms with E-state index < -0.39 is 17.0 Å². The van der Waals surface area contributed by atoms with Gasteiger partial charge in [0, 0.05) is 19.6 Å². The van der Waals surface area contributed by atoms with Crippen LogP contribution in [0.5, 0.6) is 0 Å². The number of hydrogen-bond donors (Lipinski definition) is 2. The summed E-state index contributed by atoms with van der Waals surface area (Å²) in [7, 11) is 1.36. The van der Waals surface area contributed by atoms with Gasteiger partial charge in [-0.25, -0.2) is 4.79 Å². The number of anilines is 1. The maximum atomic E-state index is 12.8. The van der Waals surface area contributed by atoms with E-state index in [1.54, 1.807) is 0 Å². The van der Waals surface area contributed by atoms with Gasteiger partial charge in [-0.05, 0) is 29.7 Å². The number of Topliss-reactive ketones (excluding diaryl/α,β-unsaturated/α-hetero) is 1. The third-order valence-corrected chi connectivity index (χ3v) is 5.17. The molecule has 3 rings (SSSR count). The molecule has 29 heavy (non-hydrogen) atoms. The number of hydrogen-bond acceptors (Lipinski definition) is 5. The van der Waals surface area contributed by atoms with Crippen molar-refractivity contribution in [3.63, 3.8) is 0 Å². The molecular formula is C22H26N4O3. The fourth-order valence-electron chi connectivity index (χ4n) is 3.56. The second-order valence-corrected chi connectivity index (χ2v) is 7.15. The number of ketones is 1. The summed E-state index contributed by atoms with van der Waals surface area (Å²) in [5, 5.41) is 5.41. The molecule has 152 valence electrons. The Labute approximate surface area is 168 Å². The number of benzene rings is 2. The number of fused-ring (bicyclic) bond motifs is 1. The van der Waals surface area contributed by atoms with E-state index in [4.69, 9.17) is 5.73 Å². The van der Waals surface area contributed by atoms with Crippen LogP contribution in [0.3, 0.4) is 0 Å². The third kappa shape index (κ3) is 3.86. The van der Waals surface area contributed by atoms with E-state index in [0.29, 0.717) is 13.0 Å². The number of nitrogen functional groups attached to an aromatic ring is 1. The van der Waals surface area contributed by atoms with Gasteiger partial charge in [0.05, 0.1) is 6.54 Å². The van der Waals surface area contributed by atoms with Gasteiger partial charge < -0.3 is 11.1 Å². The van der Waals surface area contributed by atoms with Gasteiger partial charge in [-0.3, -0.25) is 18.7 Å². The highest BCUT2D eigenvalue weighted by Gasteiger charge is 2.21. The largest absolute Gasteiger partial charge is 0.384 e. The average Bonchev–Trinajstić information content (AvgIpc) is 2.73. The van der Waals surface area contributed by atoms with E-state index in [-0.39, 0.29) is 24.0 Å². The van der Waals surface area contributed by atoms with Gasteiger partial charge in [0.25, 0.3) is 5.56 Å². The predicted molar refractivity (Wildman–Crippen MR) is 115 cm³/mol. The summed E-state index contributed by atoms with van der Waals surface area (Å²) in [6, 6.07) is 14.0. The number of rotatable bonds is 7. The van der Waals surface area contributed by atoms with Gasteiger partial charge >= 0.3 is 5.69 Å². The van der Waals surface area contributed by atoms with Crippen molar-refractivity contribution in [1.82, 2.24) is 14.5 Å². The van der Waals surface area contributed by atoms with E-state index in [9.17, 15) is 14.4 Å². The van der Waals surface area contributed by atoms with Crippen LogP contribution in [-0.2, 0) is 13.6 Å². The molecule has 0 saturated heterocycles. The Morgan fingerprint density at radius 1 is 1.14 bits per heavy atom. The summed E-state index contributed by atoms with van der Waals surface area (Å²) in [6.07, 6.45) is 0.659. The van der Waals surface area contributed by atoms with Crippen molar-refractivity contribution in [2.45, 2.75) is 32.9 Å². The number of carbonyl (C=O) groups is 1. The van der Waals surface area contributed by atoms with Gasteiger partial charge in [-0.15, -0.1) is 0 Å². The summed E-state index contributed by atoms with van der Waals surface area (Å²) in [4.78, 5) is 37.6. The maximum Gasteiger partial charge on any atom is 0.332 e. The molecule has 1 aromatic heterocycles. The van der Waals surface area contributed by atoms with Gasteiger partial charge in [0.1, 0.15) is 11.4 Å². The normalized spacial score (nSPS) is 12.2. The molecule has 3 N–H and O–H groups in total. The molecule has 0 radical (unpaired) electrons. The summed E-state index contributed by atoms with van der Waals surface area (Å²) >= 11 is 0. The molecule has 0 unspecified atom stereocenters. The zero-order valence-corrected chi connectivity index (χ0v) is 16.9. The minimum Gasteiger partial charge on any atom is -0.384 e. The highest BCUT2D eigenvalue weighted by molar-refractivity contribution is 6.01. The topological polar surface area (TPSA) is 99.1 Å². The van der Waals surface area contributed by atoms with E-state index in [1.165, 1.54) is 11.6 Å². The molecule has 2 aromatic carbocycles. The van der Waals surface area contributed by atoms with Crippen LogP contribution in [0.4, 0.5) is 5.82 Å². The first-order chi connectivity index (χ1) is 13.9. The molecule has 0 spiro atoms. The molecule has 3 aromatic rings. The van der Waals surface area contributed by atoms with Crippen LogP contribution < -0.4 is 22.3 Å². The third-order valence-electron chi connectivity index (χ3n) is 5.17. The number of nitrogens with two attached hydrogens (primary N) is 1. The van der Waals surface area contributed by atoms with Gasteiger partial charge in [-0.1, -0.05) is 49.4 Å². The zero-order valence-electron chi connectivity index (χ0n) is 16.9. The Kier molecular flexibility index (Phi) is 5.98. The molecule has 0 aliphatic rings. The molecule has 0 saturated carbocycles. The number of nitrogens with zero attached hydrogens (tertiary/aromatic N) is 2. The van der Waals surface area contributed by atoms with Gasteiger partial charge in [0.2, 0.25) is 0 Å².